The summed E-state index contributed by atoms with van der Waals surface area (Å²) in [5.74, 6) is 2.42. The highest BCUT2D eigenvalue weighted by Crippen LogP contribution is 2.38. The minimum atomic E-state index is 0.138. The van der Waals surface area contributed by atoms with Crippen LogP contribution in [0, 0.1) is 12.3 Å². The average Bonchev–Trinajstić information content (AvgIpc) is 2.99. The van der Waals surface area contributed by atoms with Crippen LogP contribution in [0.2, 0.25) is 5.02 Å². The third-order valence-electron chi connectivity index (χ3n) is 2.25. The summed E-state index contributed by atoms with van der Waals surface area (Å²) in [7, 11) is 0. The summed E-state index contributed by atoms with van der Waals surface area (Å²) in [4.78, 5) is 0. The molecular formula is C12H11ClO2. The smallest absolute Gasteiger partial charge is 0.112 e. The van der Waals surface area contributed by atoms with Crippen molar-refractivity contribution in [1.29, 1.82) is 0 Å². The first-order valence-electron chi connectivity index (χ1n) is 4.73. The summed E-state index contributed by atoms with van der Waals surface area (Å²) in [6.07, 6.45) is 5.34. The number of ether oxygens (including phenoxy) is 2. The van der Waals surface area contributed by atoms with E-state index in [0.29, 0.717) is 13.2 Å². The molecule has 0 saturated carbocycles. The normalized spacial score (nSPS) is 23.5. The quantitative estimate of drug-likeness (QED) is 0.443. The predicted molar refractivity (Wildman–Crippen MR) is 58.7 cm³/mol. The van der Waals surface area contributed by atoms with Gasteiger partial charge < -0.3 is 9.47 Å². The van der Waals surface area contributed by atoms with E-state index in [-0.39, 0.29) is 12.2 Å². The van der Waals surface area contributed by atoms with Gasteiger partial charge in [-0.05, 0) is 17.7 Å². The molecule has 1 heterocycles. The van der Waals surface area contributed by atoms with Crippen LogP contribution < -0.4 is 0 Å². The maximum Gasteiger partial charge on any atom is 0.112 e. The molecule has 0 aromatic heterocycles. The summed E-state index contributed by atoms with van der Waals surface area (Å²) in [6.45, 7) is 0.894. The van der Waals surface area contributed by atoms with Gasteiger partial charge in [0.05, 0.1) is 6.61 Å². The summed E-state index contributed by atoms with van der Waals surface area (Å²) < 4.78 is 10.6. The molecule has 2 nitrogen and oxygen atoms in total. The molecule has 1 aliphatic rings. The van der Waals surface area contributed by atoms with Crippen molar-refractivity contribution < 1.29 is 9.47 Å². The Balaban J connectivity index is 1.83. The Kier molecular flexibility index (Phi) is 3.27. The first-order valence-corrected chi connectivity index (χ1v) is 5.11. The van der Waals surface area contributed by atoms with Gasteiger partial charge >= 0.3 is 0 Å². The van der Waals surface area contributed by atoms with Crippen LogP contribution in [0.1, 0.15) is 11.7 Å². The van der Waals surface area contributed by atoms with Crippen LogP contribution in [0.5, 0.6) is 0 Å². The maximum atomic E-state index is 5.79. The van der Waals surface area contributed by atoms with Crippen molar-refractivity contribution in [3.8, 4) is 12.3 Å². The van der Waals surface area contributed by atoms with Crippen molar-refractivity contribution in [2.45, 2.75) is 12.2 Å². The number of rotatable bonds is 4. The van der Waals surface area contributed by atoms with E-state index in [9.17, 15) is 0 Å². The molecule has 0 N–H and O–H groups in total. The largest absolute Gasteiger partial charge is 0.366 e. The van der Waals surface area contributed by atoms with Crippen LogP contribution in [0.3, 0.4) is 0 Å². The first-order chi connectivity index (χ1) is 7.31. The lowest BCUT2D eigenvalue weighted by atomic mass is 10.1. The number of terminal acetylenes is 1. The molecule has 15 heavy (non-hydrogen) atoms. The Morgan fingerprint density at radius 1 is 1.40 bits per heavy atom. The number of hydrogen-bond donors (Lipinski definition) is 0. The Morgan fingerprint density at radius 3 is 2.80 bits per heavy atom. The molecule has 2 rings (SSSR count). The summed E-state index contributed by atoms with van der Waals surface area (Å²) in [5.41, 5.74) is 1.13. The van der Waals surface area contributed by atoms with E-state index >= 15 is 0 Å². The van der Waals surface area contributed by atoms with Gasteiger partial charge in [0.25, 0.3) is 0 Å². The van der Waals surface area contributed by atoms with Crippen molar-refractivity contribution in [3.63, 3.8) is 0 Å². The van der Waals surface area contributed by atoms with Gasteiger partial charge in [-0.3, -0.25) is 0 Å². The second-order valence-corrected chi connectivity index (χ2v) is 3.80. The second kappa shape index (κ2) is 4.67. The van der Waals surface area contributed by atoms with Crippen LogP contribution >= 0.6 is 11.6 Å². The first kappa shape index (κ1) is 10.5. The molecule has 1 aliphatic heterocycles. The third-order valence-corrected chi connectivity index (χ3v) is 2.50. The van der Waals surface area contributed by atoms with Gasteiger partial charge in [0.2, 0.25) is 0 Å². The third kappa shape index (κ3) is 2.73. The number of epoxide rings is 1. The molecule has 1 saturated heterocycles. The molecule has 2 unspecified atom stereocenters. The van der Waals surface area contributed by atoms with E-state index in [1.54, 1.807) is 0 Å². The monoisotopic (exact) mass is 222 g/mol. The highest BCUT2D eigenvalue weighted by Gasteiger charge is 2.40. The summed E-state index contributed by atoms with van der Waals surface area (Å²) in [6, 6.07) is 7.65. The van der Waals surface area contributed by atoms with E-state index in [2.05, 4.69) is 5.92 Å². The number of halogens is 1. The van der Waals surface area contributed by atoms with Crippen LogP contribution in [0.4, 0.5) is 0 Å². The van der Waals surface area contributed by atoms with Gasteiger partial charge in [-0.25, -0.2) is 0 Å². The molecule has 0 radical (unpaired) electrons. The minimum Gasteiger partial charge on any atom is -0.366 e. The van der Waals surface area contributed by atoms with E-state index < -0.39 is 0 Å². The fraction of sp³-hybridized carbons (Fsp3) is 0.333. The van der Waals surface area contributed by atoms with E-state index in [0.717, 1.165) is 10.6 Å². The molecular weight excluding hydrogens is 212 g/mol. The van der Waals surface area contributed by atoms with Gasteiger partial charge in [-0.15, -0.1) is 6.42 Å². The topological polar surface area (TPSA) is 21.8 Å². The lowest BCUT2D eigenvalue weighted by Crippen LogP contribution is -2.02. The van der Waals surface area contributed by atoms with Crippen molar-refractivity contribution in [2.24, 2.45) is 0 Å². The minimum absolute atomic E-state index is 0.138. The number of benzene rings is 1. The lowest BCUT2D eigenvalue weighted by molar-refractivity contribution is 0.145. The Morgan fingerprint density at radius 2 is 2.13 bits per heavy atom. The average molecular weight is 223 g/mol. The SMILES string of the molecule is C#CCOCC1OC1c1ccc(Cl)cc1. The van der Waals surface area contributed by atoms with Crippen molar-refractivity contribution in [3.05, 3.63) is 34.9 Å². The zero-order valence-electron chi connectivity index (χ0n) is 8.15. The van der Waals surface area contributed by atoms with Gasteiger partial charge in [0, 0.05) is 5.02 Å². The highest BCUT2D eigenvalue weighted by atomic mass is 35.5. The molecule has 78 valence electrons. The van der Waals surface area contributed by atoms with Gasteiger partial charge in [-0.2, -0.15) is 0 Å². The second-order valence-electron chi connectivity index (χ2n) is 3.37. The summed E-state index contributed by atoms with van der Waals surface area (Å²) >= 11 is 5.79. The molecule has 1 aromatic rings. The molecule has 0 bridgehead atoms. The fourth-order valence-electron chi connectivity index (χ4n) is 1.45. The van der Waals surface area contributed by atoms with E-state index in [1.165, 1.54) is 0 Å². The molecule has 1 aromatic carbocycles. The standard InChI is InChI=1S/C12H11ClO2/c1-2-7-14-8-11-12(15-11)9-3-5-10(13)6-4-9/h1,3-6,11-12H,7-8H2. The summed E-state index contributed by atoms with van der Waals surface area (Å²) in [5, 5.41) is 0.736. The van der Waals surface area contributed by atoms with Gasteiger partial charge in [-0.1, -0.05) is 29.7 Å². The van der Waals surface area contributed by atoms with Crippen LogP contribution in [0.25, 0.3) is 0 Å². The molecule has 3 heteroatoms. The molecule has 0 spiro atoms. The zero-order chi connectivity index (χ0) is 10.7. The van der Waals surface area contributed by atoms with Crippen molar-refractivity contribution in [2.75, 3.05) is 13.2 Å². The molecule has 0 amide bonds. The molecule has 1 fully saturated rings. The Hall–Kier alpha value is -1.01. The number of hydrogen-bond acceptors (Lipinski definition) is 2. The van der Waals surface area contributed by atoms with E-state index in [4.69, 9.17) is 27.5 Å². The Labute approximate surface area is 94.1 Å². The fourth-order valence-corrected chi connectivity index (χ4v) is 1.58. The zero-order valence-corrected chi connectivity index (χ0v) is 8.91. The predicted octanol–water partition coefficient (Wildman–Crippen LogP) is 2.43. The maximum absolute atomic E-state index is 5.79. The molecule has 0 aliphatic carbocycles. The van der Waals surface area contributed by atoms with E-state index in [1.807, 2.05) is 24.3 Å². The van der Waals surface area contributed by atoms with Crippen molar-refractivity contribution in [1.82, 2.24) is 0 Å². The van der Waals surface area contributed by atoms with Crippen LogP contribution in [0.15, 0.2) is 24.3 Å². The van der Waals surface area contributed by atoms with Gasteiger partial charge in [0.15, 0.2) is 0 Å². The molecule has 2 atom stereocenters. The lowest BCUT2D eigenvalue weighted by Gasteiger charge is -1.97. The Bertz CT molecular complexity index is 366. The van der Waals surface area contributed by atoms with Crippen LogP contribution in [-0.4, -0.2) is 19.3 Å². The van der Waals surface area contributed by atoms with Crippen molar-refractivity contribution >= 4 is 11.6 Å². The van der Waals surface area contributed by atoms with Gasteiger partial charge in [0.1, 0.15) is 18.8 Å². The van der Waals surface area contributed by atoms with Crippen LogP contribution in [-0.2, 0) is 9.47 Å². The highest BCUT2D eigenvalue weighted by molar-refractivity contribution is 6.30.